The van der Waals surface area contributed by atoms with Crippen molar-refractivity contribution in [3.05, 3.63) is 47.1 Å². The van der Waals surface area contributed by atoms with Crippen LogP contribution in [0.4, 0.5) is 37.8 Å². The molecule has 17 heteroatoms. The van der Waals surface area contributed by atoms with Crippen LogP contribution in [0.2, 0.25) is 0 Å². The fraction of sp³-hybridized carbons (Fsp3) is 0.435. The molecule has 0 bridgehead atoms. The van der Waals surface area contributed by atoms with Crippen LogP contribution in [-0.4, -0.2) is 80.1 Å². The fourth-order valence-electron chi connectivity index (χ4n) is 4.12. The first kappa shape index (κ1) is 29.8. The van der Waals surface area contributed by atoms with Crippen molar-refractivity contribution >= 4 is 49.0 Å². The quantitative estimate of drug-likeness (QED) is 0.357. The number of rotatable bonds is 9. The van der Waals surface area contributed by atoms with Crippen molar-refractivity contribution in [2.75, 3.05) is 48.2 Å². The molecule has 1 aliphatic heterocycles. The molecule has 0 radical (unpaired) electrons. The molecule has 1 amide bonds. The number of aromatic nitrogens is 2. The lowest BCUT2D eigenvalue weighted by molar-refractivity contribution is -0.131. The molecule has 218 valence electrons. The van der Waals surface area contributed by atoms with Crippen molar-refractivity contribution in [2.45, 2.75) is 25.2 Å². The number of amides is 1. The number of sulfonamides is 1. The maximum atomic E-state index is 12.8. The molecule has 1 saturated heterocycles. The number of alkyl halides is 6. The third kappa shape index (κ3) is 8.41. The smallest absolute Gasteiger partial charge is 0.352 e. The summed E-state index contributed by atoms with van der Waals surface area (Å²) < 4.78 is 101. The first-order valence-electron chi connectivity index (χ1n) is 11.9. The molecule has 3 heterocycles. The van der Waals surface area contributed by atoms with Gasteiger partial charge in [-0.05, 0) is 23.8 Å². The van der Waals surface area contributed by atoms with Crippen LogP contribution in [0.5, 0.6) is 0 Å². The van der Waals surface area contributed by atoms with Crippen molar-refractivity contribution < 1.29 is 39.6 Å². The van der Waals surface area contributed by atoms with Gasteiger partial charge in [-0.3, -0.25) is 14.8 Å². The monoisotopic (exact) mass is 610 g/mol. The number of thiophene rings is 1. The van der Waals surface area contributed by atoms with Crippen LogP contribution in [0.1, 0.15) is 10.4 Å². The van der Waals surface area contributed by atoms with Gasteiger partial charge in [0, 0.05) is 36.7 Å². The molecule has 2 N–H and O–H groups in total. The van der Waals surface area contributed by atoms with Gasteiger partial charge < -0.3 is 9.80 Å². The molecular weight excluding hydrogens is 586 g/mol. The van der Waals surface area contributed by atoms with Crippen LogP contribution in [0.3, 0.4) is 0 Å². The molecule has 1 aliphatic rings. The molecule has 0 aliphatic carbocycles. The summed E-state index contributed by atoms with van der Waals surface area (Å²) in [4.78, 5) is 25.4. The van der Waals surface area contributed by atoms with Crippen molar-refractivity contribution in [1.82, 2.24) is 20.2 Å². The SMILES string of the molecule is O=C(Cc1ccc(NS(=O)(=O)CNCC(F)(F)F)cc1)N1CCN(c2ncnc3sc(CC(F)(F)F)cc23)CC1. The van der Waals surface area contributed by atoms with Gasteiger partial charge in [0.25, 0.3) is 0 Å². The third-order valence-corrected chi connectivity index (χ3v) is 8.04. The molecule has 0 saturated carbocycles. The predicted molar refractivity (Wildman–Crippen MR) is 138 cm³/mol. The standard InChI is InChI=1S/C23H24F6N6O3S2/c24-22(25,26)11-17-10-18-20(31-13-32-21(18)39-17)35-7-5-34(6-8-35)19(36)9-15-1-3-16(4-2-15)33-40(37,38)14-30-12-23(27,28)29/h1-4,10,13,30,33H,5-9,11-12,14H2. The number of benzene rings is 1. The second-order valence-corrected chi connectivity index (χ2v) is 11.9. The lowest BCUT2D eigenvalue weighted by Gasteiger charge is -2.35. The summed E-state index contributed by atoms with van der Waals surface area (Å²) in [5.74, 6) is -0.561. The number of piperazine rings is 1. The Morgan fingerprint density at radius 3 is 2.27 bits per heavy atom. The minimum atomic E-state index is -4.54. The summed E-state index contributed by atoms with van der Waals surface area (Å²) >= 11 is 0.973. The van der Waals surface area contributed by atoms with E-state index in [-0.39, 0.29) is 22.9 Å². The Balaban J connectivity index is 1.30. The van der Waals surface area contributed by atoms with Gasteiger partial charge in [0.2, 0.25) is 15.9 Å². The minimum absolute atomic E-state index is 0.0449. The van der Waals surface area contributed by atoms with Crippen LogP contribution in [-0.2, 0) is 27.7 Å². The van der Waals surface area contributed by atoms with E-state index in [1.165, 1.54) is 24.5 Å². The lowest BCUT2D eigenvalue weighted by Crippen LogP contribution is -2.49. The molecule has 3 aromatic rings. The van der Waals surface area contributed by atoms with Crippen LogP contribution in [0.15, 0.2) is 36.7 Å². The van der Waals surface area contributed by atoms with Crippen molar-refractivity contribution in [3.63, 3.8) is 0 Å². The zero-order valence-corrected chi connectivity index (χ0v) is 22.4. The maximum absolute atomic E-state index is 12.8. The van der Waals surface area contributed by atoms with E-state index < -0.39 is 41.2 Å². The van der Waals surface area contributed by atoms with E-state index >= 15 is 0 Å². The Labute approximate surface area is 229 Å². The van der Waals surface area contributed by atoms with Crippen molar-refractivity contribution in [2.24, 2.45) is 0 Å². The highest BCUT2D eigenvalue weighted by atomic mass is 32.2. The normalized spacial score (nSPS) is 15.1. The fourth-order valence-corrected chi connectivity index (χ4v) is 6.08. The highest BCUT2D eigenvalue weighted by molar-refractivity contribution is 7.92. The molecule has 2 aromatic heterocycles. The molecular formula is C23H24F6N6O3S2. The number of anilines is 2. The van der Waals surface area contributed by atoms with Gasteiger partial charge in [0.15, 0.2) is 0 Å². The summed E-state index contributed by atoms with van der Waals surface area (Å²) in [6.07, 6.45) is -8.55. The maximum Gasteiger partial charge on any atom is 0.401 e. The van der Waals surface area contributed by atoms with Crippen LogP contribution in [0.25, 0.3) is 10.2 Å². The molecule has 9 nitrogen and oxygen atoms in total. The average molecular weight is 611 g/mol. The zero-order valence-electron chi connectivity index (χ0n) is 20.7. The molecule has 1 aromatic carbocycles. The summed E-state index contributed by atoms with van der Waals surface area (Å²) in [7, 11) is -4.06. The van der Waals surface area contributed by atoms with Crippen LogP contribution in [0, 0.1) is 0 Å². The lowest BCUT2D eigenvalue weighted by atomic mass is 10.1. The Morgan fingerprint density at radius 1 is 0.975 bits per heavy atom. The van der Waals surface area contributed by atoms with Gasteiger partial charge in [-0.1, -0.05) is 12.1 Å². The second-order valence-electron chi connectivity index (χ2n) is 9.07. The van der Waals surface area contributed by atoms with Crippen molar-refractivity contribution in [3.8, 4) is 0 Å². The second kappa shape index (κ2) is 11.7. The van der Waals surface area contributed by atoms with Gasteiger partial charge >= 0.3 is 12.4 Å². The average Bonchev–Trinajstić information content (AvgIpc) is 3.25. The minimum Gasteiger partial charge on any atom is -0.352 e. The van der Waals surface area contributed by atoms with Gasteiger partial charge in [0.1, 0.15) is 22.9 Å². The Hall–Kier alpha value is -3.18. The summed E-state index contributed by atoms with van der Waals surface area (Å²) in [6, 6.07) is 7.37. The largest absolute Gasteiger partial charge is 0.401 e. The topological polar surface area (TPSA) is 108 Å². The third-order valence-electron chi connectivity index (χ3n) is 5.87. The van der Waals surface area contributed by atoms with Gasteiger partial charge in [-0.25, -0.2) is 18.4 Å². The molecule has 4 rings (SSSR count). The Morgan fingerprint density at radius 2 is 1.65 bits per heavy atom. The number of fused-ring (bicyclic) bond motifs is 1. The predicted octanol–water partition coefficient (Wildman–Crippen LogP) is 3.54. The van der Waals surface area contributed by atoms with Crippen LogP contribution < -0.4 is 14.9 Å². The molecule has 1 fully saturated rings. The number of hydrogen-bond donors (Lipinski definition) is 2. The van der Waals surface area contributed by atoms with E-state index in [2.05, 4.69) is 14.7 Å². The van der Waals surface area contributed by atoms with Gasteiger partial charge in [0.05, 0.1) is 24.8 Å². The Bertz CT molecular complexity index is 1440. The molecule has 0 spiro atoms. The van der Waals surface area contributed by atoms with Crippen molar-refractivity contribution in [1.29, 1.82) is 0 Å². The van der Waals surface area contributed by atoms with E-state index in [4.69, 9.17) is 0 Å². The number of halogens is 6. The Kier molecular flexibility index (Phi) is 8.75. The summed E-state index contributed by atoms with van der Waals surface area (Å²) in [6.45, 7) is 0.139. The molecule has 40 heavy (non-hydrogen) atoms. The number of hydrogen-bond acceptors (Lipinski definition) is 8. The molecule has 0 atom stereocenters. The first-order valence-corrected chi connectivity index (χ1v) is 14.3. The van der Waals surface area contributed by atoms with E-state index in [1.54, 1.807) is 17.0 Å². The van der Waals surface area contributed by atoms with E-state index in [0.717, 1.165) is 11.3 Å². The highest BCUT2D eigenvalue weighted by Gasteiger charge is 2.30. The van der Waals surface area contributed by atoms with E-state index in [9.17, 15) is 39.6 Å². The van der Waals surface area contributed by atoms with E-state index in [0.29, 0.717) is 47.8 Å². The first-order chi connectivity index (χ1) is 18.7. The number of carbonyl (C=O) groups is 1. The van der Waals surface area contributed by atoms with Gasteiger partial charge in [-0.15, -0.1) is 11.3 Å². The number of carbonyl (C=O) groups excluding carboxylic acids is 1. The summed E-state index contributed by atoms with van der Waals surface area (Å²) in [5, 5.41) is 2.35. The summed E-state index contributed by atoms with van der Waals surface area (Å²) in [5.41, 5.74) is 0.750. The number of nitrogens with one attached hydrogen (secondary N) is 2. The zero-order chi connectivity index (χ0) is 29.1. The van der Waals surface area contributed by atoms with Crippen LogP contribution >= 0.6 is 11.3 Å². The number of nitrogens with zero attached hydrogens (tertiary/aromatic N) is 4. The van der Waals surface area contributed by atoms with Gasteiger partial charge in [-0.2, -0.15) is 26.3 Å². The molecule has 0 unspecified atom stereocenters. The van der Waals surface area contributed by atoms with E-state index in [1.807, 2.05) is 10.2 Å². The highest BCUT2D eigenvalue weighted by Crippen LogP contribution is 2.34.